The van der Waals surface area contributed by atoms with E-state index in [1.165, 1.54) is 31.2 Å². The first-order valence-electron chi connectivity index (χ1n) is 11.0. The summed E-state index contributed by atoms with van der Waals surface area (Å²) in [6.45, 7) is 6.98. The van der Waals surface area contributed by atoms with E-state index in [0.717, 1.165) is 37.7 Å². The quantitative estimate of drug-likeness (QED) is 0.462. The van der Waals surface area contributed by atoms with E-state index in [1.54, 1.807) is 0 Å². The minimum absolute atomic E-state index is 0.0616. The molecule has 1 aliphatic carbocycles. The molecule has 1 aromatic rings. The third-order valence-corrected chi connectivity index (χ3v) is 6.57. The molecule has 1 fully saturated rings. The summed E-state index contributed by atoms with van der Waals surface area (Å²) < 4.78 is 0. The second-order valence-corrected chi connectivity index (χ2v) is 9.17. The molecule has 0 heterocycles. The molecule has 3 N–H and O–H groups in total. The normalized spacial score (nSPS) is 23.5. The van der Waals surface area contributed by atoms with Crippen LogP contribution in [-0.2, 0) is 5.41 Å². The summed E-state index contributed by atoms with van der Waals surface area (Å²) >= 11 is 0. The maximum Gasteiger partial charge on any atom is 0.119 e. The van der Waals surface area contributed by atoms with Gasteiger partial charge in [-0.1, -0.05) is 58.6 Å². The third-order valence-electron chi connectivity index (χ3n) is 6.57. The number of unbranched alkanes of at least 4 members (excludes halogenated alkanes) is 3. The van der Waals surface area contributed by atoms with Crippen LogP contribution in [0.5, 0.6) is 5.75 Å². The highest BCUT2D eigenvalue weighted by Crippen LogP contribution is 2.44. The molecule has 154 valence electrons. The van der Waals surface area contributed by atoms with Crippen LogP contribution in [-0.4, -0.2) is 28.0 Å². The second-order valence-electron chi connectivity index (χ2n) is 9.17. The summed E-state index contributed by atoms with van der Waals surface area (Å²) in [6, 6.07) is 6.23. The van der Waals surface area contributed by atoms with Crippen LogP contribution in [0.3, 0.4) is 0 Å². The van der Waals surface area contributed by atoms with E-state index in [1.807, 2.05) is 6.07 Å². The summed E-state index contributed by atoms with van der Waals surface area (Å²) in [6.07, 6.45) is 10.1. The van der Waals surface area contributed by atoms with Crippen LogP contribution in [0, 0.1) is 5.92 Å². The van der Waals surface area contributed by atoms with Crippen molar-refractivity contribution in [3.05, 3.63) is 29.3 Å². The van der Waals surface area contributed by atoms with Crippen molar-refractivity contribution in [3.63, 3.8) is 0 Å². The minimum Gasteiger partial charge on any atom is -0.508 e. The van der Waals surface area contributed by atoms with Crippen LogP contribution >= 0.6 is 0 Å². The van der Waals surface area contributed by atoms with Gasteiger partial charge in [0.05, 0.1) is 6.10 Å². The number of aromatic hydroxyl groups is 1. The first-order valence-corrected chi connectivity index (χ1v) is 11.0. The van der Waals surface area contributed by atoms with Gasteiger partial charge in [0, 0.05) is 6.61 Å². The fourth-order valence-corrected chi connectivity index (χ4v) is 4.71. The summed E-state index contributed by atoms with van der Waals surface area (Å²) in [5, 5.41) is 30.2. The Kier molecular flexibility index (Phi) is 8.62. The summed E-state index contributed by atoms with van der Waals surface area (Å²) in [5.74, 6) is 0.989. The van der Waals surface area contributed by atoms with Gasteiger partial charge in [-0.05, 0) is 73.0 Å². The van der Waals surface area contributed by atoms with E-state index < -0.39 is 0 Å². The molecule has 0 spiro atoms. The van der Waals surface area contributed by atoms with Crippen LogP contribution in [0.25, 0.3) is 0 Å². The lowest BCUT2D eigenvalue weighted by atomic mass is 9.71. The van der Waals surface area contributed by atoms with Crippen LogP contribution in [0.2, 0.25) is 0 Å². The monoisotopic (exact) mass is 376 g/mol. The van der Waals surface area contributed by atoms with Gasteiger partial charge in [0.15, 0.2) is 0 Å². The van der Waals surface area contributed by atoms with Crippen LogP contribution < -0.4 is 0 Å². The zero-order valence-corrected chi connectivity index (χ0v) is 17.6. The maximum atomic E-state index is 10.8. The zero-order chi connectivity index (χ0) is 19.9. The molecule has 0 amide bonds. The van der Waals surface area contributed by atoms with Gasteiger partial charge in [-0.25, -0.2) is 0 Å². The smallest absolute Gasteiger partial charge is 0.119 e. The Morgan fingerprint density at radius 3 is 2.52 bits per heavy atom. The molecule has 1 unspecified atom stereocenters. The molecule has 0 saturated heterocycles. The molecule has 1 saturated carbocycles. The van der Waals surface area contributed by atoms with Crippen LogP contribution in [0.1, 0.15) is 102 Å². The average Bonchev–Trinajstić information content (AvgIpc) is 2.64. The first-order chi connectivity index (χ1) is 12.9. The molecule has 0 aliphatic heterocycles. The van der Waals surface area contributed by atoms with Crippen LogP contribution in [0.4, 0.5) is 0 Å². The Hall–Kier alpha value is -1.06. The molecular formula is C24H40O3. The van der Waals surface area contributed by atoms with Gasteiger partial charge in [-0.2, -0.15) is 0 Å². The summed E-state index contributed by atoms with van der Waals surface area (Å²) in [7, 11) is 0. The molecule has 0 aromatic heterocycles. The standard InChI is InChI=1S/C24H40O3/c1-4-5-6-7-14-24(2,3)19-11-13-21(23(27)16-19)22-17-20(26)12-10-18(22)9-8-15-25/h11,13,16,18,20,22,25-27H,4-10,12,14-15,17H2,1-3H3/t18?,20-,22-/m1/s1. The van der Waals surface area contributed by atoms with Crippen molar-refractivity contribution in [2.24, 2.45) is 5.92 Å². The van der Waals surface area contributed by atoms with E-state index in [0.29, 0.717) is 18.1 Å². The predicted molar refractivity (Wildman–Crippen MR) is 112 cm³/mol. The molecule has 0 bridgehead atoms. The number of aliphatic hydroxyl groups excluding tert-OH is 2. The van der Waals surface area contributed by atoms with Gasteiger partial charge in [-0.15, -0.1) is 0 Å². The highest BCUT2D eigenvalue weighted by Gasteiger charge is 2.32. The fraction of sp³-hybridized carbons (Fsp3) is 0.750. The molecule has 3 heteroatoms. The van der Waals surface area contributed by atoms with E-state index in [9.17, 15) is 15.3 Å². The number of rotatable bonds is 10. The van der Waals surface area contributed by atoms with Gasteiger partial charge < -0.3 is 15.3 Å². The number of benzene rings is 1. The van der Waals surface area contributed by atoms with Gasteiger partial charge in [-0.3, -0.25) is 0 Å². The lowest BCUT2D eigenvalue weighted by molar-refractivity contribution is 0.0879. The molecule has 0 radical (unpaired) electrons. The Morgan fingerprint density at radius 2 is 1.85 bits per heavy atom. The Labute approximate surface area is 165 Å². The number of hydrogen-bond donors (Lipinski definition) is 3. The molecule has 3 nitrogen and oxygen atoms in total. The predicted octanol–water partition coefficient (Wildman–Crippen LogP) is 5.66. The van der Waals surface area contributed by atoms with Crippen molar-refractivity contribution in [3.8, 4) is 5.75 Å². The van der Waals surface area contributed by atoms with Crippen molar-refractivity contribution >= 4 is 0 Å². The number of phenols is 1. The van der Waals surface area contributed by atoms with Gasteiger partial charge in [0.2, 0.25) is 0 Å². The van der Waals surface area contributed by atoms with Crippen LogP contribution in [0.15, 0.2) is 18.2 Å². The SMILES string of the molecule is CCCCCCC(C)(C)c1ccc([C@@H]2C[C@H](O)CCC2CCCO)c(O)c1. The topological polar surface area (TPSA) is 60.7 Å². The Morgan fingerprint density at radius 1 is 1.07 bits per heavy atom. The molecule has 3 atom stereocenters. The van der Waals surface area contributed by atoms with E-state index in [2.05, 4.69) is 32.9 Å². The number of hydrogen-bond acceptors (Lipinski definition) is 3. The van der Waals surface area contributed by atoms with Crippen molar-refractivity contribution < 1.29 is 15.3 Å². The second kappa shape index (κ2) is 10.5. The average molecular weight is 377 g/mol. The maximum absolute atomic E-state index is 10.8. The van der Waals surface area contributed by atoms with Crippen molar-refractivity contribution in [2.75, 3.05) is 6.61 Å². The number of phenolic OH excluding ortho intramolecular Hbond substituents is 1. The van der Waals surface area contributed by atoms with Gasteiger partial charge in [0.1, 0.15) is 5.75 Å². The van der Waals surface area contributed by atoms with E-state index in [4.69, 9.17) is 0 Å². The summed E-state index contributed by atoms with van der Waals surface area (Å²) in [4.78, 5) is 0. The van der Waals surface area contributed by atoms with Crippen molar-refractivity contribution in [1.29, 1.82) is 0 Å². The zero-order valence-electron chi connectivity index (χ0n) is 17.6. The fourth-order valence-electron chi connectivity index (χ4n) is 4.71. The molecule has 2 rings (SSSR count). The minimum atomic E-state index is -0.283. The molecule has 27 heavy (non-hydrogen) atoms. The van der Waals surface area contributed by atoms with Crippen molar-refractivity contribution in [1.82, 2.24) is 0 Å². The van der Waals surface area contributed by atoms with Gasteiger partial charge >= 0.3 is 0 Å². The highest BCUT2D eigenvalue weighted by atomic mass is 16.3. The molecular weight excluding hydrogens is 336 g/mol. The lowest BCUT2D eigenvalue weighted by Gasteiger charge is -2.35. The highest BCUT2D eigenvalue weighted by molar-refractivity contribution is 5.42. The summed E-state index contributed by atoms with van der Waals surface area (Å²) in [5.41, 5.74) is 2.23. The molecule has 1 aromatic carbocycles. The number of aliphatic hydroxyl groups is 2. The van der Waals surface area contributed by atoms with E-state index >= 15 is 0 Å². The largest absolute Gasteiger partial charge is 0.508 e. The lowest BCUT2D eigenvalue weighted by Crippen LogP contribution is -2.27. The Bertz CT molecular complexity index is 565. The molecule has 1 aliphatic rings. The Balaban J connectivity index is 2.13. The van der Waals surface area contributed by atoms with E-state index in [-0.39, 0.29) is 24.0 Å². The third kappa shape index (κ3) is 6.22. The first kappa shape index (κ1) is 22.2. The van der Waals surface area contributed by atoms with Gasteiger partial charge in [0.25, 0.3) is 0 Å². The van der Waals surface area contributed by atoms with Crippen molar-refractivity contribution in [2.45, 2.75) is 102 Å².